The molecular formula is C42H85N2O6P. The molecule has 0 rings (SSSR count). The van der Waals surface area contributed by atoms with Crippen molar-refractivity contribution in [2.75, 3.05) is 40.9 Å². The summed E-state index contributed by atoms with van der Waals surface area (Å²) in [6.45, 7) is 4.69. The average Bonchev–Trinajstić information content (AvgIpc) is 3.07. The van der Waals surface area contributed by atoms with Gasteiger partial charge in [-0.25, -0.2) is 0 Å². The van der Waals surface area contributed by atoms with Gasteiger partial charge < -0.3 is 28.8 Å². The minimum absolute atomic E-state index is 0.00946. The average molecular weight is 745 g/mol. The van der Waals surface area contributed by atoms with Gasteiger partial charge in [0, 0.05) is 6.42 Å². The summed E-state index contributed by atoms with van der Waals surface area (Å²) in [4.78, 5) is 25.3. The van der Waals surface area contributed by atoms with Crippen LogP contribution in [-0.2, 0) is 18.4 Å². The second-order valence-electron chi connectivity index (χ2n) is 16.1. The number of hydrogen-bond donors (Lipinski definition) is 2. The van der Waals surface area contributed by atoms with Gasteiger partial charge in [-0.2, -0.15) is 0 Å². The van der Waals surface area contributed by atoms with Crippen molar-refractivity contribution in [3.63, 3.8) is 0 Å². The normalized spacial score (nSPS) is 14.6. The second kappa shape index (κ2) is 35.0. The fourth-order valence-electron chi connectivity index (χ4n) is 6.27. The Kier molecular flexibility index (Phi) is 34.5. The molecule has 51 heavy (non-hydrogen) atoms. The van der Waals surface area contributed by atoms with Crippen LogP contribution in [0.2, 0.25) is 0 Å². The van der Waals surface area contributed by atoms with E-state index in [2.05, 4.69) is 31.3 Å². The molecule has 0 spiro atoms. The molecule has 3 atom stereocenters. The lowest BCUT2D eigenvalue weighted by atomic mass is 10.0. The standard InChI is InChI=1S/C42H85N2O6P/c1-6-8-10-12-14-16-18-20-21-22-23-24-26-28-30-32-34-36-42(46)43-40(39-50-51(47,48)49-38-37-44(3,4)5)41(45)35-33-31-29-27-25-19-17-15-13-11-9-7-2/h25,27,40-41,45H,6-24,26,28-39H2,1-5H3,(H-,43,46,47,48)/b27-25+/t40-,41+/m0/s1. The number of aliphatic hydroxyl groups excluding tert-OH is 1. The summed E-state index contributed by atoms with van der Waals surface area (Å²) in [5.41, 5.74) is 0. The van der Waals surface area contributed by atoms with Crippen LogP contribution in [0.1, 0.15) is 200 Å². The van der Waals surface area contributed by atoms with Crippen LogP contribution in [0.5, 0.6) is 0 Å². The van der Waals surface area contributed by atoms with Crippen LogP contribution in [0.3, 0.4) is 0 Å². The van der Waals surface area contributed by atoms with Gasteiger partial charge in [0.05, 0.1) is 39.9 Å². The molecule has 9 heteroatoms. The fourth-order valence-corrected chi connectivity index (χ4v) is 6.99. The van der Waals surface area contributed by atoms with E-state index in [-0.39, 0.29) is 19.1 Å². The number of phosphoric acid groups is 1. The fraction of sp³-hybridized carbons (Fsp3) is 0.929. The van der Waals surface area contributed by atoms with Crippen molar-refractivity contribution in [3.8, 4) is 0 Å². The van der Waals surface area contributed by atoms with E-state index in [9.17, 15) is 19.4 Å². The summed E-state index contributed by atoms with van der Waals surface area (Å²) < 4.78 is 23.2. The van der Waals surface area contributed by atoms with Gasteiger partial charge in [0.25, 0.3) is 7.82 Å². The Bertz CT molecular complexity index is 850. The zero-order chi connectivity index (χ0) is 37.9. The smallest absolute Gasteiger partial charge is 0.268 e. The van der Waals surface area contributed by atoms with Crippen molar-refractivity contribution >= 4 is 13.7 Å². The van der Waals surface area contributed by atoms with Crippen LogP contribution in [0.4, 0.5) is 0 Å². The zero-order valence-corrected chi connectivity index (χ0v) is 35.2. The van der Waals surface area contributed by atoms with Gasteiger partial charge in [0.1, 0.15) is 13.2 Å². The maximum atomic E-state index is 12.8. The van der Waals surface area contributed by atoms with Gasteiger partial charge in [-0.05, 0) is 38.5 Å². The van der Waals surface area contributed by atoms with Crippen LogP contribution in [0, 0.1) is 0 Å². The van der Waals surface area contributed by atoms with Crippen molar-refractivity contribution in [3.05, 3.63) is 12.2 Å². The number of quaternary nitrogens is 1. The first-order valence-electron chi connectivity index (χ1n) is 21.5. The molecule has 0 aliphatic heterocycles. The van der Waals surface area contributed by atoms with Crippen molar-refractivity contribution < 1.29 is 32.9 Å². The third kappa shape index (κ3) is 37.4. The molecule has 304 valence electrons. The predicted molar refractivity (Wildman–Crippen MR) is 215 cm³/mol. The van der Waals surface area contributed by atoms with Gasteiger partial charge >= 0.3 is 0 Å². The van der Waals surface area contributed by atoms with Crippen LogP contribution in [-0.4, -0.2) is 68.5 Å². The molecular weight excluding hydrogens is 659 g/mol. The van der Waals surface area contributed by atoms with Crippen LogP contribution in [0.25, 0.3) is 0 Å². The first-order chi connectivity index (χ1) is 24.5. The lowest BCUT2D eigenvalue weighted by Crippen LogP contribution is -2.46. The highest BCUT2D eigenvalue weighted by molar-refractivity contribution is 7.45. The number of carbonyl (C=O) groups excluding carboxylic acids is 1. The first-order valence-corrected chi connectivity index (χ1v) is 23.0. The number of amides is 1. The number of allylic oxidation sites excluding steroid dienone is 2. The molecule has 0 radical (unpaired) electrons. The maximum absolute atomic E-state index is 12.8. The Labute approximate surface area is 316 Å². The predicted octanol–water partition coefficient (Wildman–Crippen LogP) is 10.9. The van der Waals surface area contributed by atoms with Crippen LogP contribution in [0.15, 0.2) is 12.2 Å². The lowest BCUT2D eigenvalue weighted by molar-refractivity contribution is -0.870. The summed E-state index contributed by atoms with van der Waals surface area (Å²) in [6, 6.07) is -0.809. The molecule has 0 fully saturated rings. The Morgan fingerprint density at radius 3 is 1.53 bits per heavy atom. The lowest BCUT2D eigenvalue weighted by Gasteiger charge is -2.30. The largest absolute Gasteiger partial charge is 0.756 e. The summed E-state index contributed by atoms with van der Waals surface area (Å²) in [6.07, 6.45) is 37.8. The van der Waals surface area contributed by atoms with Gasteiger partial charge in [-0.3, -0.25) is 9.36 Å². The van der Waals surface area contributed by atoms with Gasteiger partial charge in [0.2, 0.25) is 5.91 Å². The van der Waals surface area contributed by atoms with E-state index in [0.29, 0.717) is 23.9 Å². The number of aliphatic hydroxyl groups is 1. The molecule has 0 aliphatic carbocycles. The highest BCUT2D eigenvalue weighted by atomic mass is 31.2. The Balaban J connectivity index is 4.36. The summed E-state index contributed by atoms with van der Waals surface area (Å²) in [7, 11) is 1.29. The third-order valence-corrected chi connectivity index (χ3v) is 10.7. The molecule has 0 saturated heterocycles. The van der Waals surface area contributed by atoms with Crippen LogP contribution < -0.4 is 10.2 Å². The quantitative estimate of drug-likeness (QED) is 0.0281. The molecule has 2 N–H and O–H groups in total. The molecule has 0 bridgehead atoms. The SMILES string of the molecule is CCCCCCCC/C=C/CCCC[C@@H](O)[C@H](COP(=O)([O-])OCC[N+](C)(C)C)NC(=O)CCCCCCCCCCCCCCCCCCC. The third-order valence-electron chi connectivity index (χ3n) is 9.75. The van der Waals surface area contributed by atoms with Gasteiger partial charge in [0.15, 0.2) is 0 Å². The molecule has 0 aromatic carbocycles. The molecule has 1 amide bonds. The number of hydrogen-bond acceptors (Lipinski definition) is 6. The minimum Gasteiger partial charge on any atom is -0.756 e. The molecule has 0 saturated carbocycles. The molecule has 8 nitrogen and oxygen atoms in total. The van der Waals surface area contributed by atoms with Crippen molar-refractivity contribution in [1.82, 2.24) is 5.32 Å². The Morgan fingerprint density at radius 2 is 1.08 bits per heavy atom. The van der Waals surface area contributed by atoms with Crippen molar-refractivity contribution in [2.45, 2.75) is 212 Å². The summed E-state index contributed by atoms with van der Waals surface area (Å²) >= 11 is 0. The Morgan fingerprint density at radius 1 is 0.667 bits per heavy atom. The zero-order valence-electron chi connectivity index (χ0n) is 34.3. The number of carbonyl (C=O) groups is 1. The highest BCUT2D eigenvalue weighted by Gasteiger charge is 2.24. The molecule has 1 unspecified atom stereocenters. The number of rotatable bonds is 39. The van der Waals surface area contributed by atoms with E-state index < -0.39 is 20.0 Å². The highest BCUT2D eigenvalue weighted by Crippen LogP contribution is 2.38. The minimum atomic E-state index is -4.56. The monoisotopic (exact) mass is 745 g/mol. The molecule has 0 aromatic rings. The maximum Gasteiger partial charge on any atom is 0.268 e. The van der Waals surface area contributed by atoms with E-state index in [4.69, 9.17) is 9.05 Å². The summed E-state index contributed by atoms with van der Waals surface area (Å²) in [5, 5.41) is 13.8. The number of likely N-dealkylation sites (N-methyl/N-ethyl adjacent to an activating group) is 1. The number of phosphoric ester groups is 1. The number of nitrogens with one attached hydrogen (secondary N) is 1. The summed E-state index contributed by atoms with van der Waals surface area (Å²) in [5.74, 6) is -0.173. The van der Waals surface area contributed by atoms with E-state index in [1.54, 1.807) is 0 Å². The van der Waals surface area contributed by atoms with Crippen molar-refractivity contribution in [1.29, 1.82) is 0 Å². The molecule has 0 heterocycles. The van der Waals surface area contributed by atoms with E-state index >= 15 is 0 Å². The molecule has 0 aromatic heterocycles. The number of nitrogens with zero attached hydrogens (tertiary/aromatic N) is 1. The first kappa shape index (κ1) is 50.2. The van der Waals surface area contributed by atoms with Crippen molar-refractivity contribution in [2.24, 2.45) is 0 Å². The molecule has 0 aliphatic rings. The number of unbranched alkanes of at least 4 members (excludes halogenated alkanes) is 24. The van der Waals surface area contributed by atoms with Crippen LogP contribution >= 0.6 is 7.82 Å². The van der Waals surface area contributed by atoms with Gasteiger partial charge in [-0.1, -0.05) is 167 Å². The second-order valence-corrected chi connectivity index (χ2v) is 17.5. The van der Waals surface area contributed by atoms with E-state index in [0.717, 1.165) is 44.9 Å². The van der Waals surface area contributed by atoms with E-state index in [1.807, 2.05) is 21.1 Å². The Hall–Kier alpha value is -0.760. The topological polar surface area (TPSA) is 108 Å². The van der Waals surface area contributed by atoms with Gasteiger partial charge in [-0.15, -0.1) is 0 Å². The van der Waals surface area contributed by atoms with E-state index in [1.165, 1.54) is 128 Å².